The molecule has 0 bridgehead atoms. The summed E-state index contributed by atoms with van der Waals surface area (Å²) in [4.78, 5) is 44.0. The highest BCUT2D eigenvalue weighted by atomic mass is 19.4. The number of carbonyl (C=O) groups excluding carboxylic acids is 2. The first kappa shape index (κ1) is 28.7. The molecular formula is C27H17F7N4O4. The lowest BCUT2D eigenvalue weighted by molar-refractivity contribution is -0.156. The zero-order valence-electron chi connectivity index (χ0n) is 20.9. The number of β-amino-alcohol motifs (C(OH)–C–C–N with tert-alkyl or cyclic N) is 1. The van der Waals surface area contributed by atoms with E-state index in [1.807, 2.05) is 0 Å². The normalized spacial score (nSPS) is 16.2. The van der Waals surface area contributed by atoms with Gasteiger partial charge in [0.15, 0.2) is 11.7 Å². The third-order valence-corrected chi connectivity index (χ3v) is 6.52. The first-order valence-corrected chi connectivity index (χ1v) is 12.1. The van der Waals surface area contributed by atoms with Crippen molar-refractivity contribution in [1.82, 2.24) is 14.9 Å². The van der Waals surface area contributed by atoms with Gasteiger partial charge in [-0.15, -0.1) is 0 Å². The van der Waals surface area contributed by atoms with Crippen LogP contribution in [-0.4, -0.2) is 45.3 Å². The van der Waals surface area contributed by atoms with Crippen LogP contribution < -0.4 is 15.6 Å². The number of rotatable bonds is 5. The molecule has 4 aromatic rings. The molecule has 42 heavy (non-hydrogen) atoms. The van der Waals surface area contributed by atoms with Gasteiger partial charge in [0, 0.05) is 12.3 Å². The van der Waals surface area contributed by atoms with Gasteiger partial charge in [-0.05, 0) is 36.4 Å². The van der Waals surface area contributed by atoms with E-state index in [2.05, 4.69) is 4.98 Å². The van der Waals surface area contributed by atoms with Crippen molar-refractivity contribution in [3.05, 3.63) is 99.3 Å². The Morgan fingerprint density at radius 2 is 1.69 bits per heavy atom. The Labute approximate surface area is 230 Å². The number of nitrogens with zero attached hydrogens (tertiary/aromatic N) is 3. The number of nitrogens with one attached hydrogen (secondary N) is 1. The lowest BCUT2D eigenvalue weighted by atomic mass is 10.0. The summed E-state index contributed by atoms with van der Waals surface area (Å²) in [5.74, 6) is -7.75. The first-order chi connectivity index (χ1) is 19.8. The van der Waals surface area contributed by atoms with E-state index < -0.39 is 81.0 Å². The molecule has 1 unspecified atom stereocenters. The van der Waals surface area contributed by atoms with Gasteiger partial charge in [0.25, 0.3) is 5.91 Å². The van der Waals surface area contributed by atoms with E-state index in [-0.39, 0.29) is 24.4 Å². The number of alkyl halides is 3. The fourth-order valence-electron chi connectivity index (χ4n) is 4.59. The number of amides is 2. The van der Waals surface area contributed by atoms with Crippen LogP contribution in [0.15, 0.2) is 59.5 Å². The van der Waals surface area contributed by atoms with Crippen LogP contribution in [0, 0.1) is 23.3 Å². The molecule has 5 rings (SSSR count). The highest BCUT2D eigenvalue weighted by Crippen LogP contribution is 2.36. The number of aliphatic hydroxyl groups excluding tert-OH is 1. The summed E-state index contributed by atoms with van der Waals surface area (Å²) in [6.07, 6.45) is -6.01. The number of pyridine rings is 2. The van der Waals surface area contributed by atoms with Crippen LogP contribution in [0.4, 0.5) is 36.6 Å². The molecule has 2 aromatic heterocycles. The van der Waals surface area contributed by atoms with Gasteiger partial charge in [-0.25, -0.2) is 22.5 Å². The fraction of sp³-hybridized carbons (Fsp3) is 0.185. The van der Waals surface area contributed by atoms with Gasteiger partial charge in [0.1, 0.15) is 34.7 Å². The van der Waals surface area contributed by atoms with E-state index in [1.54, 1.807) is 0 Å². The third-order valence-electron chi connectivity index (χ3n) is 6.52. The van der Waals surface area contributed by atoms with E-state index in [0.29, 0.717) is 24.4 Å². The number of hydrogen-bond donors (Lipinski definition) is 2. The number of halogens is 7. The van der Waals surface area contributed by atoms with E-state index in [4.69, 9.17) is 0 Å². The summed E-state index contributed by atoms with van der Waals surface area (Å²) >= 11 is 0. The average Bonchev–Trinajstić information content (AvgIpc) is 3.25. The van der Waals surface area contributed by atoms with Gasteiger partial charge in [-0.3, -0.25) is 23.9 Å². The van der Waals surface area contributed by atoms with Crippen LogP contribution in [0.25, 0.3) is 16.7 Å². The molecular weight excluding hydrogens is 577 g/mol. The Morgan fingerprint density at radius 1 is 1.00 bits per heavy atom. The van der Waals surface area contributed by atoms with E-state index in [9.17, 15) is 50.2 Å². The molecule has 1 saturated heterocycles. The van der Waals surface area contributed by atoms with Crippen molar-refractivity contribution >= 4 is 28.7 Å². The van der Waals surface area contributed by atoms with Gasteiger partial charge in [-0.1, -0.05) is 6.07 Å². The summed E-state index contributed by atoms with van der Waals surface area (Å²) in [6.45, 7) is -0.154. The molecule has 2 atom stereocenters. The highest BCUT2D eigenvalue weighted by molar-refractivity contribution is 5.99. The predicted molar refractivity (Wildman–Crippen MR) is 133 cm³/mol. The second-order valence-corrected chi connectivity index (χ2v) is 9.32. The summed E-state index contributed by atoms with van der Waals surface area (Å²) < 4.78 is 99.6. The highest BCUT2D eigenvalue weighted by Gasteiger charge is 2.45. The van der Waals surface area contributed by atoms with Crippen LogP contribution >= 0.6 is 0 Å². The van der Waals surface area contributed by atoms with Gasteiger partial charge >= 0.3 is 6.18 Å². The molecule has 0 spiro atoms. The van der Waals surface area contributed by atoms with Crippen molar-refractivity contribution in [3.8, 4) is 5.69 Å². The van der Waals surface area contributed by atoms with E-state index in [0.717, 1.165) is 33.7 Å². The number of hydrogen-bond acceptors (Lipinski definition) is 5. The van der Waals surface area contributed by atoms with Crippen molar-refractivity contribution in [2.45, 2.75) is 24.7 Å². The van der Waals surface area contributed by atoms with Crippen LogP contribution in [-0.2, 0) is 4.79 Å². The zero-order valence-corrected chi connectivity index (χ0v) is 20.9. The maximum Gasteiger partial charge on any atom is 0.413 e. The maximum absolute atomic E-state index is 14.9. The number of aliphatic hydroxyl groups is 1. The van der Waals surface area contributed by atoms with Gasteiger partial charge in [-0.2, -0.15) is 13.2 Å². The molecule has 0 radical (unpaired) electrons. The van der Waals surface area contributed by atoms with Gasteiger partial charge in [0.05, 0.1) is 35.7 Å². The first-order valence-electron chi connectivity index (χ1n) is 12.1. The molecule has 0 saturated carbocycles. The second kappa shape index (κ2) is 10.6. The summed E-state index contributed by atoms with van der Waals surface area (Å²) in [7, 11) is 0. The molecule has 1 aliphatic rings. The predicted octanol–water partition coefficient (Wildman–Crippen LogP) is 4.07. The van der Waals surface area contributed by atoms with Crippen LogP contribution in [0.1, 0.15) is 28.4 Å². The quantitative estimate of drug-likeness (QED) is 0.339. The van der Waals surface area contributed by atoms with Crippen molar-refractivity contribution in [2.24, 2.45) is 0 Å². The SMILES string of the molecule is O=C(NC(c1c(F)cccc1F)C(F)(F)F)c1cn(-c2ccc(F)cc2F)c2nc(N3C[C@@H](O)CC3=O)ccc2c1=O. The van der Waals surface area contributed by atoms with Crippen LogP contribution in [0.5, 0.6) is 0 Å². The Bertz CT molecular complexity index is 1790. The third kappa shape index (κ3) is 5.18. The van der Waals surface area contributed by atoms with E-state index in [1.165, 1.54) is 11.4 Å². The smallest absolute Gasteiger partial charge is 0.391 e. The van der Waals surface area contributed by atoms with Gasteiger partial charge < -0.3 is 10.4 Å². The lowest BCUT2D eigenvalue weighted by Gasteiger charge is -2.23. The maximum atomic E-state index is 14.9. The molecule has 218 valence electrons. The Balaban J connectivity index is 1.69. The molecule has 0 aliphatic carbocycles. The van der Waals surface area contributed by atoms with Crippen molar-refractivity contribution in [3.63, 3.8) is 0 Å². The lowest BCUT2D eigenvalue weighted by Crippen LogP contribution is -2.41. The summed E-state index contributed by atoms with van der Waals surface area (Å²) in [5.41, 5.74) is -4.57. The van der Waals surface area contributed by atoms with Crippen molar-refractivity contribution < 1.29 is 45.4 Å². The van der Waals surface area contributed by atoms with Gasteiger partial charge in [0.2, 0.25) is 11.3 Å². The fourth-order valence-corrected chi connectivity index (χ4v) is 4.59. The number of fused-ring (bicyclic) bond motifs is 1. The van der Waals surface area contributed by atoms with Crippen molar-refractivity contribution in [2.75, 3.05) is 11.4 Å². The minimum atomic E-state index is -5.42. The Kier molecular flexibility index (Phi) is 7.22. The molecule has 3 heterocycles. The molecule has 2 N–H and O–H groups in total. The molecule has 8 nitrogen and oxygen atoms in total. The summed E-state index contributed by atoms with van der Waals surface area (Å²) in [6, 6.07) is 3.14. The minimum Gasteiger partial charge on any atom is -0.391 e. The standard InChI is InChI=1S/C27H17F7N4O4/c28-12-4-6-19(18(31)8-12)37-11-15(26(42)36-24(27(32,33)34)22-16(29)2-1-3-17(22)30)23(41)14-5-7-20(35-25(14)37)38-10-13(39)9-21(38)40/h1-8,11,13,24,39H,9-10H2,(H,36,42)/t13-,24?/m0/s1. The molecule has 2 aromatic carbocycles. The Morgan fingerprint density at radius 3 is 2.29 bits per heavy atom. The summed E-state index contributed by atoms with van der Waals surface area (Å²) in [5, 5.41) is 10.8. The molecule has 1 fully saturated rings. The zero-order chi connectivity index (χ0) is 30.5. The monoisotopic (exact) mass is 594 g/mol. The largest absolute Gasteiger partial charge is 0.413 e. The minimum absolute atomic E-state index is 0.0796. The van der Waals surface area contributed by atoms with Crippen LogP contribution in [0.3, 0.4) is 0 Å². The average molecular weight is 594 g/mol. The molecule has 15 heteroatoms. The number of anilines is 1. The van der Waals surface area contributed by atoms with Crippen LogP contribution in [0.2, 0.25) is 0 Å². The second-order valence-electron chi connectivity index (χ2n) is 9.32. The van der Waals surface area contributed by atoms with E-state index >= 15 is 0 Å². The number of aromatic nitrogens is 2. The topological polar surface area (TPSA) is 105 Å². The van der Waals surface area contributed by atoms with Crippen molar-refractivity contribution in [1.29, 1.82) is 0 Å². The number of benzene rings is 2. The Hall–Kier alpha value is -4.79. The number of carbonyl (C=O) groups is 2. The molecule has 2 amide bonds. The molecule has 1 aliphatic heterocycles.